The summed E-state index contributed by atoms with van der Waals surface area (Å²) < 4.78 is 5.62. The second kappa shape index (κ2) is 7.30. The zero-order valence-electron chi connectivity index (χ0n) is 13.6. The minimum absolute atomic E-state index is 0.00935. The SMILES string of the molecule is O=C(O[C@H]1CCC[C@H]1[C@@H](O)C1CCCC1)c1ccc([N+](=O)[O-])cc1. The van der Waals surface area contributed by atoms with Gasteiger partial charge in [-0.1, -0.05) is 12.8 Å². The number of nitrogens with zero attached hydrogens (tertiary/aromatic N) is 1. The second-order valence-corrected chi connectivity index (χ2v) is 6.88. The number of benzene rings is 1. The third-order valence-electron chi connectivity index (χ3n) is 5.40. The van der Waals surface area contributed by atoms with Gasteiger partial charge in [-0.25, -0.2) is 4.79 Å². The molecule has 0 aliphatic heterocycles. The van der Waals surface area contributed by atoms with Gasteiger partial charge in [0.2, 0.25) is 0 Å². The highest BCUT2D eigenvalue weighted by Crippen LogP contribution is 2.39. The topological polar surface area (TPSA) is 89.7 Å². The van der Waals surface area contributed by atoms with E-state index in [4.69, 9.17) is 4.74 Å². The lowest BCUT2D eigenvalue weighted by Gasteiger charge is -2.28. The Morgan fingerprint density at radius 1 is 1.12 bits per heavy atom. The average molecular weight is 333 g/mol. The first kappa shape index (κ1) is 16.9. The van der Waals surface area contributed by atoms with Crippen molar-refractivity contribution in [2.45, 2.75) is 57.2 Å². The minimum Gasteiger partial charge on any atom is -0.458 e. The number of carbonyl (C=O) groups excluding carboxylic acids is 1. The number of aliphatic hydroxyl groups excluding tert-OH is 1. The van der Waals surface area contributed by atoms with E-state index in [0.717, 1.165) is 32.1 Å². The molecule has 1 N–H and O–H groups in total. The molecule has 0 radical (unpaired) electrons. The molecule has 1 aromatic carbocycles. The third-order valence-corrected chi connectivity index (χ3v) is 5.40. The molecule has 3 atom stereocenters. The van der Waals surface area contributed by atoms with Gasteiger partial charge >= 0.3 is 5.97 Å². The normalized spacial score (nSPS) is 25.5. The Bertz CT molecular complexity index is 594. The van der Waals surface area contributed by atoms with Gasteiger partial charge in [-0.3, -0.25) is 10.1 Å². The highest BCUT2D eigenvalue weighted by molar-refractivity contribution is 5.89. The summed E-state index contributed by atoms with van der Waals surface area (Å²) in [6.45, 7) is 0. The molecule has 0 aromatic heterocycles. The summed E-state index contributed by atoms with van der Waals surface area (Å²) in [4.78, 5) is 22.5. The van der Waals surface area contributed by atoms with Crippen molar-refractivity contribution in [2.75, 3.05) is 0 Å². The first-order valence-electron chi connectivity index (χ1n) is 8.70. The van der Waals surface area contributed by atoms with Crippen LogP contribution in [0, 0.1) is 22.0 Å². The van der Waals surface area contributed by atoms with Crippen LogP contribution < -0.4 is 0 Å². The second-order valence-electron chi connectivity index (χ2n) is 6.88. The fourth-order valence-corrected chi connectivity index (χ4v) is 4.06. The van der Waals surface area contributed by atoms with Crippen LogP contribution in [0.2, 0.25) is 0 Å². The number of hydrogen-bond donors (Lipinski definition) is 1. The van der Waals surface area contributed by atoms with Gasteiger partial charge in [-0.2, -0.15) is 0 Å². The van der Waals surface area contributed by atoms with Crippen molar-refractivity contribution in [1.82, 2.24) is 0 Å². The molecule has 130 valence electrons. The maximum absolute atomic E-state index is 12.3. The molecule has 2 aliphatic carbocycles. The van der Waals surface area contributed by atoms with E-state index >= 15 is 0 Å². The lowest BCUT2D eigenvalue weighted by atomic mass is 9.87. The zero-order valence-corrected chi connectivity index (χ0v) is 13.6. The molecule has 0 unspecified atom stereocenters. The number of rotatable bonds is 5. The summed E-state index contributed by atoms with van der Waals surface area (Å²) in [5, 5.41) is 21.3. The maximum Gasteiger partial charge on any atom is 0.338 e. The monoisotopic (exact) mass is 333 g/mol. The molecule has 6 heteroatoms. The largest absolute Gasteiger partial charge is 0.458 e. The van der Waals surface area contributed by atoms with Crippen molar-refractivity contribution < 1.29 is 19.6 Å². The van der Waals surface area contributed by atoms with Crippen molar-refractivity contribution in [3.63, 3.8) is 0 Å². The van der Waals surface area contributed by atoms with Gasteiger partial charge in [0.05, 0.1) is 16.6 Å². The summed E-state index contributed by atoms with van der Waals surface area (Å²) in [6.07, 6.45) is 6.40. The van der Waals surface area contributed by atoms with Crippen molar-refractivity contribution in [3.05, 3.63) is 39.9 Å². The number of nitro groups is 1. The molecule has 0 saturated heterocycles. The predicted octanol–water partition coefficient (Wildman–Crippen LogP) is 3.47. The Morgan fingerprint density at radius 2 is 1.79 bits per heavy atom. The number of aliphatic hydroxyl groups is 1. The average Bonchev–Trinajstić information content (AvgIpc) is 3.26. The Hall–Kier alpha value is -1.95. The van der Waals surface area contributed by atoms with Crippen molar-refractivity contribution in [2.24, 2.45) is 11.8 Å². The molecule has 1 aromatic rings. The van der Waals surface area contributed by atoms with Crippen LogP contribution in [-0.4, -0.2) is 28.2 Å². The van der Waals surface area contributed by atoms with E-state index in [1.54, 1.807) is 0 Å². The van der Waals surface area contributed by atoms with E-state index in [1.807, 2.05) is 0 Å². The Morgan fingerprint density at radius 3 is 2.42 bits per heavy atom. The van der Waals surface area contributed by atoms with E-state index in [9.17, 15) is 20.0 Å². The molecule has 2 aliphatic rings. The molecule has 2 saturated carbocycles. The van der Waals surface area contributed by atoms with Gasteiger partial charge in [0.15, 0.2) is 0 Å². The standard InChI is InChI=1S/C18H23NO5/c20-17(12-4-1-2-5-12)15-6-3-7-16(15)24-18(21)13-8-10-14(11-9-13)19(22)23/h8-12,15-17,20H,1-7H2/t15-,16+,17+/m1/s1. The van der Waals surface area contributed by atoms with Crippen molar-refractivity contribution >= 4 is 11.7 Å². The fraction of sp³-hybridized carbons (Fsp3) is 0.611. The lowest BCUT2D eigenvalue weighted by molar-refractivity contribution is -0.384. The summed E-state index contributed by atoms with van der Waals surface area (Å²) in [5.41, 5.74) is 0.253. The molecule has 24 heavy (non-hydrogen) atoms. The Labute approximate surface area is 141 Å². The summed E-state index contributed by atoms with van der Waals surface area (Å²) in [7, 11) is 0. The van der Waals surface area contributed by atoms with Gasteiger partial charge in [0, 0.05) is 18.1 Å². The fourth-order valence-electron chi connectivity index (χ4n) is 4.06. The highest BCUT2D eigenvalue weighted by atomic mass is 16.6. The van der Waals surface area contributed by atoms with E-state index in [-0.39, 0.29) is 17.7 Å². The van der Waals surface area contributed by atoms with Gasteiger partial charge in [0.1, 0.15) is 6.10 Å². The quantitative estimate of drug-likeness (QED) is 0.506. The van der Waals surface area contributed by atoms with Crippen LogP contribution in [0.1, 0.15) is 55.3 Å². The molecular weight excluding hydrogens is 310 g/mol. The van der Waals surface area contributed by atoms with Crippen LogP contribution in [0.5, 0.6) is 0 Å². The van der Waals surface area contributed by atoms with Gasteiger partial charge in [-0.15, -0.1) is 0 Å². The first-order chi connectivity index (χ1) is 11.6. The minimum atomic E-state index is -0.500. The maximum atomic E-state index is 12.3. The van der Waals surface area contributed by atoms with E-state index in [2.05, 4.69) is 0 Å². The number of non-ortho nitro benzene ring substituents is 1. The van der Waals surface area contributed by atoms with Gasteiger partial charge in [-0.05, 0) is 50.2 Å². The number of ether oxygens (including phenoxy) is 1. The predicted molar refractivity (Wildman–Crippen MR) is 87.6 cm³/mol. The Balaban J connectivity index is 1.63. The molecular formula is C18H23NO5. The third kappa shape index (κ3) is 3.59. The molecule has 0 heterocycles. The van der Waals surface area contributed by atoms with E-state index in [1.165, 1.54) is 37.1 Å². The van der Waals surface area contributed by atoms with Crippen molar-refractivity contribution in [3.8, 4) is 0 Å². The Kier molecular flexibility index (Phi) is 5.14. The van der Waals surface area contributed by atoms with Crippen LogP contribution in [-0.2, 0) is 4.74 Å². The molecule has 0 amide bonds. The molecule has 0 bridgehead atoms. The van der Waals surface area contributed by atoms with Crippen molar-refractivity contribution in [1.29, 1.82) is 0 Å². The molecule has 3 rings (SSSR count). The number of esters is 1. The zero-order chi connectivity index (χ0) is 17.1. The van der Waals surface area contributed by atoms with Crippen LogP contribution in [0.4, 0.5) is 5.69 Å². The highest BCUT2D eigenvalue weighted by Gasteiger charge is 2.39. The molecule has 6 nitrogen and oxygen atoms in total. The first-order valence-corrected chi connectivity index (χ1v) is 8.70. The van der Waals surface area contributed by atoms with Crippen LogP contribution in [0.15, 0.2) is 24.3 Å². The number of carbonyl (C=O) groups is 1. The van der Waals surface area contributed by atoms with Gasteiger partial charge in [0.25, 0.3) is 5.69 Å². The van der Waals surface area contributed by atoms with E-state index < -0.39 is 17.0 Å². The molecule has 2 fully saturated rings. The summed E-state index contributed by atoms with van der Waals surface area (Å²) >= 11 is 0. The van der Waals surface area contributed by atoms with Crippen LogP contribution in [0.3, 0.4) is 0 Å². The summed E-state index contributed by atoms with van der Waals surface area (Å²) in [5.74, 6) is -0.135. The smallest absolute Gasteiger partial charge is 0.338 e. The van der Waals surface area contributed by atoms with Crippen LogP contribution in [0.25, 0.3) is 0 Å². The molecule has 0 spiro atoms. The van der Waals surface area contributed by atoms with Crippen LogP contribution >= 0.6 is 0 Å². The number of nitro benzene ring substituents is 1. The number of hydrogen-bond acceptors (Lipinski definition) is 5. The van der Waals surface area contributed by atoms with E-state index in [0.29, 0.717) is 11.5 Å². The lowest BCUT2D eigenvalue weighted by Crippen LogP contribution is -2.35. The summed E-state index contributed by atoms with van der Waals surface area (Å²) in [6, 6.07) is 5.43. The van der Waals surface area contributed by atoms with Gasteiger partial charge < -0.3 is 9.84 Å².